The molecule has 10 rings (SSSR count). The molecule has 8 aromatic rings. The largest absolute Gasteiger partial charge is 0.311 e. The fraction of sp³-hybridized carbons (Fsp3) is 0.111. The Labute approximate surface area is 330 Å². The Kier molecular flexibility index (Phi) is 9.01. The van der Waals surface area contributed by atoms with Gasteiger partial charge < -0.3 is 9.47 Å². The molecule has 1 unspecified atom stereocenters. The van der Waals surface area contributed by atoms with E-state index in [-0.39, 0.29) is 0 Å². The van der Waals surface area contributed by atoms with E-state index in [0.717, 1.165) is 43.5 Å². The second kappa shape index (κ2) is 14.9. The fourth-order valence-corrected chi connectivity index (χ4v) is 8.90. The van der Waals surface area contributed by atoms with Crippen LogP contribution in [0.3, 0.4) is 0 Å². The summed E-state index contributed by atoms with van der Waals surface area (Å²) in [5.41, 5.74) is 16.5. The maximum absolute atomic E-state index is 2.48. The van der Waals surface area contributed by atoms with E-state index in [1.807, 2.05) is 0 Å². The van der Waals surface area contributed by atoms with E-state index in [4.69, 9.17) is 0 Å². The van der Waals surface area contributed by atoms with Crippen LogP contribution in [-0.2, 0) is 0 Å². The number of benzene rings is 7. The molecule has 2 heteroatoms. The van der Waals surface area contributed by atoms with Gasteiger partial charge in [-0.1, -0.05) is 140 Å². The lowest BCUT2D eigenvalue weighted by Gasteiger charge is -2.28. The summed E-state index contributed by atoms with van der Waals surface area (Å²) in [7, 11) is 0. The Morgan fingerprint density at radius 1 is 0.482 bits per heavy atom. The molecule has 0 radical (unpaired) electrons. The highest BCUT2D eigenvalue weighted by molar-refractivity contribution is 6.10. The van der Waals surface area contributed by atoms with Gasteiger partial charge in [0, 0.05) is 33.5 Å². The van der Waals surface area contributed by atoms with Crippen molar-refractivity contribution < 1.29 is 0 Å². The Hall–Kier alpha value is -6.64. The minimum absolute atomic E-state index is 0.468. The Morgan fingerprint density at radius 2 is 1.09 bits per heavy atom. The standard InChI is InChI=1S/C54H44N2/c1-4-13-39(14-5-1)41-23-30-48(31-24-41)55(49-32-25-42(26-33-49)40-15-6-2-7-16-40)50-34-27-43(28-35-50)44-17-12-18-45(37-44)46-29-36-52-51-21-10-11-22-53(51)56(54(52)38-46)47-19-8-3-9-20-47/h1-6,8-11,13-15,18-36,38,44H,7,12,16-17,37H2. The van der Waals surface area contributed by atoms with Crippen molar-refractivity contribution in [2.75, 3.05) is 4.90 Å². The van der Waals surface area contributed by atoms with Gasteiger partial charge in [0.15, 0.2) is 0 Å². The first kappa shape index (κ1) is 33.9. The number of para-hydroxylation sites is 2. The topological polar surface area (TPSA) is 8.17 Å². The summed E-state index contributed by atoms with van der Waals surface area (Å²) in [5, 5.41) is 2.60. The molecule has 2 aliphatic rings. The van der Waals surface area contributed by atoms with E-state index in [9.17, 15) is 0 Å². The molecular weight excluding hydrogens is 677 g/mol. The lowest BCUT2D eigenvalue weighted by atomic mass is 9.81. The second-order valence-electron chi connectivity index (χ2n) is 15.2. The first-order valence-electron chi connectivity index (χ1n) is 20.1. The third-order valence-corrected chi connectivity index (χ3v) is 11.8. The lowest BCUT2D eigenvalue weighted by Crippen LogP contribution is -2.11. The van der Waals surface area contributed by atoms with Crippen LogP contribution in [0.2, 0.25) is 0 Å². The van der Waals surface area contributed by atoms with Crippen molar-refractivity contribution >= 4 is 50.0 Å². The second-order valence-corrected chi connectivity index (χ2v) is 15.2. The SMILES string of the molecule is C1=CCCC(c2ccc(N(c3ccc(-c4ccccc4)cc3)c3ccc(C4CCC=C(c5ccc6c7ccccc7n(-c7ccccc7)c6c5)C4)cc3)cc2)=C1. The minimum Gasteiger partial charge on any atom is -0.311 e. The number of hydrogen-bond acceptors (Lipinski definition) is 1. The number of fused-ring (bicyclic) bond motifs is 3. The monoisotopic (exact) mass is 720 g/mol. The Morgan fingerprint density at radius 3 is 1.80 bits per heavy atom. The molecule has 0 saturated carbocycles. The lowest BCUT2D eigenvalue weighted by molar-refractivity contribution is 0.627. The van der Waals surface area contributed by atoms with E-state index < -0.39 is 0 Å². The zero-order chi connectivity index (χ0) is 37.3. The van der Waals surface area contributed by atoms with Crippen LogP contribution in [0.5, 0.6) is 0 Å². The summed E-state index contributed by atoms with van der Waals surface area (Å²) < 4.78 is 2.42. The maximum atomic E-state index is 2.48. The minimum atomic E-state index is 0.468. The number of aromatic nitrogens is 1. The third-order valence-electron chi connectivity index (χ3n) is 11.8. The van der Waals surface area contributed by atoms with Gasteiger partial charge in [0.1, 0.15) is 0 Å². The van der Waals surface area contributed by atoms with Crippen molar-refractivity contribution in [2.45, 2.75) is 38.0 Å². The number of anilines is 3. The predicted octanol–water partition coefficient (Wildman–Crippen LogP) is 15.0. The smallest absolute Gasteiger partial charge is 0.0547 e. The number of allylic oxidation sites excluding steroid dienone is 6. The van der Waals surface area contributed by atoms with Crippen molar-refractivity contribution in [1.82, 2.24) is 4.57 Å². The third kappa shape index (κ3) is 6.48. The van der Waals surface area contributed by atoms with Crippen LogP contribution in [0.1, 0.15) is 54.7 Å². The van der Waals surface area contributed by atoms with Crippen molar-refractivity contribution in [1.29, 1.82) is 0 Å². The number of hydrogen-bond donors (Lipinski definition) is 0. The van der Waals surface area contributed by atoms with E-state index in [0.29, 0.717) is 5.92 Å². The van der Waals surface area contributed by atoms with E-state index in [1.54, 1.807) is 0 Å². The zero-order valence-corrected chi connectivity index (χ0v) is 31.6. The molecule has 0 aliphatic heterocycles. The molecule has 0 spiro atoms. The summed E-state index contributed by atoms with van der Waals surface area (Å²) in [6.45, 7) is 0. The van der Waals surface area contributed by atoms with E-state index in [1.165, 1.54) is 72.1 Å². The average Bonchev–Trinajstić information content (AvgIpc) is 3.62. The maximum Gasteiger partial charge on any atom is 0.0547 e. The van der Waals surface area contributed by atoms with Gasteiger partial charge in [0.2, 0.25) is 0 Å². The van der Waals surface area contributed by atoms with Crippen molar-refractivity contribution in [3.8, 4) is 16.8 Å². The van der Waals surface area contributed by atoms with Gasteiger partial charge in [0.05, 0.1) is 11.0 Å². The quantitative estimate of drug-likeness (QED) is 0.152. The normalized spacial score (nSPS) is 15.5. The fourth-order valence-electron chi connectivity index (χ4n) is 8.90. The first-order chi connectivity index (χ1) is 27.8. The van der Waals surface area contributed by atoms with E-state index >= 15 is 0 Å². The van der Waals surface area contributed by atoms with Crippen LogP contribution in [0, 0.1) is 0 Å². The molecular formula is C54H44N2. The van der Waals surface area contributed by atoms with Crippen molar-refractivity contribution in [3.05, 3.63) is 217 Å². The molecule has 1 aromatic heterocycles. The van der Waals surface area contributed by atoms with Crippen LogP contribution < -0.4 is 4.90 Å². The summed E-state index contributed by atoms with van der Waals surface area (Å²) in [6, 6.07) is 64.8. The molecule has 0 amide bonds. The molecule has 7 aromatic carbocycles. The van der Waals surface area contributed by atoms with Gasteiger partial charge in [-0.2, -0.15) is 0 Å². The molecule has 0 bridgehead atoms. The highest BCUT2D eigenvalue weighted by Gasteiger charge is 2.21. The van der Waals surface area contributed by atoms with Crippen molar-refractivity contribution in [2.24, 2.45) is 0 Å². The molecule has 2 nitrogen and oxygen atoms in total. The summed E-state index contributed by atoms with van der Waals surface area (Å²) in [6.07, 6.45) is 14.6. The summed E-state index contributed by atoms with van der Waals surface area (Å²) in [5.74, 6) is 0.468. The van der Waals surface area contributed by atoms with Crippen LogP contribution in [0.15, 0.2) is 200 Å². The van der Waals surface area contributed by atoms with Crippen LogP contribution >= 0.6 is 0 Å². The zero-order valence-electron chi connectivity index (χ0n) is 31.6. The molecule has 0 saturated heterocycles. The van der Waals surface area contributed by atoms with Gasteiger partial charge in [-0.25, -0.2) is 0 Å². The molecule has 1 atom stereocenters. The number of rotatable bonds is 8. The molecule has 0 N–H and O–H groups in total. The molecule has 270 valence electrons. The first-order valence-corrected chi connectivity index (χ1v) is 20.1. The van der Waals surface area contributed by atoms with Crippen LogP contribution in [0.4, 0.5) is 17.1 Å². The van der Waals surface area contributed by atoms with Gasteiger partial charge in [-0.15, -0.1) is 0 Å². The highest BCUT2D eigenvalue weighted by atomic mass is 15.1. The van der Waals surface area contributed by atoms with Gasteiger partial charge in [-0.3, -0.25) is 0 Å². The van der Waals surface area contributed by atoms with Crippen LogP contribution in [-0.4, -0.2) is 4.57 Å². The summed E-state index contributed by atoms with van der Waals surface area (Å²) in [4.78, 5) is 2.39. The Bertz CT molecular complexity index is 2730. The molecule has 1 heterocycles. The van der Waals surface area contributed by atoms with Crippen LogP contribution in [0.25, 0.3) is 49.8 Å². The number of nitrogens with zero attached hydrogens (tertiary/aromatic N) is 2. The van der Waals surface area contributed by atoms with Gasteiger partial charge in [0.25, 0.3) is 0 Å². The molecule has 0 fully saturated rings. The Balaban J connectivity index is 0.952. The highest BCUT2D eigenvalue weighted by Crippen LogP contribution is 2.42. The average molecular weight is 721 g/mol. The van der Waals surface area contributed by atoms with Crippen molar-refractivity contribution in [3.63, 3.8) is 0 Å². The molecule has 56 heavy (non-hydrogen) atoms. The van der Waals surface area contributed by atoms with Gasteiger partial charge in [-0.05, 0) is 138 Å². The summed E-state index contributed by atoms with van der Waals surface area (Å²) >= 11 is 0. The van der Waals surface area contributed by atoms with E-state index in [2.05, 4.69) is 210 Å². The van der Waals surface area contributed by atoms with Gasteiger partial charge >= 0.3 is 0 Å². The molecule has 2 aliphatic carbocycles. The predicted molar refractivity (Wildman–Crippen MR) is 238 cm³/mol.